The molecule has 0 aliphatic carbocycles. The first-order chi connectivity index (χ1) is 13.4. The van der Waals surface area contributed by atoms with Gasteiger partial charge in [0.1, 0.15) is 15.9 Å². The van der Waals surface area contributed by atoms with Crippen LogP contribution in [0, 0.1) is 11.3 Å². The number of hydrogen-bond acceptors (Lipinski definition) is 8. The zero-order valence-electron chi connectivity index (χ0n) is 14.6. The predicted octanol–water partition coefficient (Wildman–Crippen LogP) is 1.84. The molecular weight excluding hydrogens is 384 g/mol. The molecule has 0 amide bonds. The minimum Gasteiger partial charge on any atom is -0.476 e. The molecule has 142 valence electrons. The second-order valence-electron chi connectivity index (χ2n) is 5.64. The molecular formula is C18H14N4O5S. The zero-order valence-corrected chi connectivity index (χ0v) is 15.4. The first-order valence-electron chi connectivity index (χ1n) is 8.10. The molecule has 2 heterocycles. The first kappa shape index (κ1) is 19.1. The summed E-state index contributed by atoms with van der Waals surface area (Å²) >= 11 is 0.874. The fraction of sp³-hybridized carbons (Fsp3) is 0.167. The normalized spacial score (nSPS) is 10.6. The highest BCUT2D eigenvalue weighted by Crippen LogP contribution is 2.31. The van der Waals surface area contributed by atoms with E-state index in [1.54, 1.807) is 19.1 Å². The van der Waals surface area contributed by atoms with Crippen LogP contribution in [0.5, 0.6) is 0 Å². The van der Waals surface area contributed by atoms with Crippen molar-refractivity contribution in [3.8, 4) is 6.07 Å². The number of carbonyl (C=O) groups excluding carboxylic acids is 1. The van der Waals surface area contributed by atoms with E-state index in [-0.39, 0.29) is 50.6 Å². The second-order valence-corrected chi connectivity index (χ2v) is 6.70. The molecule has 0 bridgehead atoms. The van der Waals surface area contributed by atoms with Crippen LogP contribution in [0.2, 0.25) is 0 Å². The van der Waals surface area contributed by atoms with Crippen molar-refractivity contribution >= 4 is 39.0 Å². The average Bonchev–Trinajstić information content (AvgIpc) is 2.99. The largest absolute Gasteiger partial charge is 0.476 e. The molecule has 0 saturated heterocycles. The van der Waals surface area contributed by atoms with Crippen LogP contribution in [0.15, 0.2) is 29.1 Å². The number of nitriles is 1. The maximum Gasteiger partial charge on any atom is 0.357 e. The van der Waals surface area contributed by atoms with Gasteiger partial charge >= 0.3 is 11.9 Å². The highest BCUT2D eigenvalue weighted by atomic mass is 32.1. The number of carbonyl (C=O) groups is 2. The van der Waals surface area contributed by atoms with Crippen LogP contribution in [-0.2, 0) is 11.3 Å². The summed E-state index contributed by atoms with van der Waals surface area (Å²) in [5, 5.41) is 23.3. The fourth-order valence-electron chi connectivity index (χ4n) is 2.77. The van der Waals surface area contributed by atoms with Crippen LogP contribution in [0.4, 0.5) is 5.00 Å². The Hall–Kier alpha value is -3.71. The summed E-state index contributed by atoms with van der Waals surface area (Å²) < 4.78 is 5.90. The number of fused-ring (bicyclic) bond motifs is 1. The Morgan fingerprint density at radius 3 is 2.64 bits per heavy atom. The van der Waals surface area contributed by atoms with E-state index in [9.17, 15) is 24.8 Å². The molecule has 3 aromatic rings. The monoisotopic (exact) mass is 398 g/mol. The van der Waals surface area contributed by atoms with E-state index < -0.39 is 17.5 Å². The van der Waals surface area contributed by atoms with E-state index in [2.05, 4.69) is 5.10 Å². The van der Waals surface area contributed by atoms with Gasteiger partial charge in [-0.25, -0.2) is 14.3 Å². The Morgan fingerprint density at radius 2 is 2.04 bits per heavy atom. The SMILES string of the molecule is CCOC(=O)c1sc(N)c(C#N)c1Cn1nc(C(=O)O)c2ccccc2c1=O. The van der Waals surface area contributed by atoms with Gasteiger partial charge in [-0.1, -0.05) is 18.2 Å². The Balaban J connectivity index is 2.23. The molecule has 1 aromatic carbocycles. The van der Waals surface area contributed by atoms with Gasteiger partial charge in [0.05, 0.1) is 24.1 Å². The number of esters is 1. The summed E-state index contributed by atoms with van der Waals surface area (Å²) in [6.07, 6.45) is 0. The van der Waals surface area contributed by atoms with Crippen LogP contribution < -0.4 is 11.3 Å². The van der Waals surface area contributed by atoms with E-state index in [0.717, 1.165) is 16.0 Å². The average molecular weight is 398 g/mol. The standard InChI is InChI=1S/C18H14N4O5S/c1-2-27-18(26)14-12(11(7-19)15(20)28-14)8-22-16(23)10-6-4-3-5-9(10)13(21-22)17(24)25/h3-6H,2,8,20H2,1H3,(H,24,25). The van der Waals surface area contributed by atoms with E-state index in [1.807, 2.05) is 6.07 Å². The molecule has 2 aromatic heterocycles. The Kier molecular flexibility index (Phi) is 5.10. The molecule has 3 rings (SSSR count). The van der Waals surface area contributed by atoms with Gasteiger partial charge in [-0.3, -0.25) is 4.79 Å². The van der Waals surface area contributed by atoms with Gasteiger partial charge in [-0.15, -0.1) is 11.3 Å². The van der Waals surface area contributed by atoms with Gasteiger partial charge in [-0.05, 0) is 13.0 Å². The van der Waals surface area contributed by atoms with Crippen molar-refractivity contribution in [2.24, 2.45) is 0 Å². The maximum atomic E-state index is 12.8. The molecule has 9 nitrogen and oxygen atoms in total. The Bertz CT molecular complexity index is 1210. The summed E-state index contributed by atoms with van der Waals surface area (Å²) in [6.45, 7) is 1.46. The van der Waals surface area contributed by atoms with Crippen LogP contribution in [0.1, 0.15) is 38.2 Å². The molecule has 28 heavy (non-hydrogen) atoms. The summed E-state index contributed by atoms with van der Waals surface area (Å²) in [7, 11) is 0. The van der Waals surface area contributed by atoms with Crippen molar-refractivity contribution < 1.29 is 19.4 Å². The lowest BCUT2D eigenvalue weighted by Gasteiger charge is -2.10. The molecule has 3 N–H and O–H groups in total. The summed E-state index contributed by atoms with van der Waals surface area (Å²) in [4.78, 5) is 36.7. The number of anilines is 1. The van der Waals surface area contributed by atoms with E-state index in [4.69, 9.17) is 10.5 Å². The van der Waals surface area contributed by atoms with Gasteiger partial charge in [-0.2, -0.15) is 10.4 Å². The Morgan fingerprint density at radius 1 is 1.36 bits per heavy atom. The summed E-state index contributed by atoms with van der Waals surface area (Å²) in [6, 6.07) is 8.10. The zero-order chi connectivity index (χ0) is 20.4. The molecule has 0 fully saturated rings. The number of nitrogens with zero attached hydrogens (tertiary/aromatic N) is 3. The summed E-state index contributed by atoms with van der Waals surface area (Å²) in [5.41, 5.74) is 5.18. The topological polar surface area (TPSA) is 148 Å². The fourth-order valence-corrected chi connectivity index (χ4v) is 3.69. The number of nitrogen functional groups attached to an aromatic ring is 1. The third-order valence-corrected chi connectivity index (χ3v) is 5.03. The molecule has 0 aliphatic rings. The molecule has 0 unspecified atom stereocenters. The summed E-state index contributed by atoms with van der Waals surface area (Å²) in [5.74, 6) is -1.98. The Labute approximate surface area is 162 Å². The van der Waals surface area contributed by atoms with Gasteiger partial charge in [0.2, 0.25) is 0 Å². The van der Waals surface area contributed by atoms with Crippen LogP contribution in [0.3, 0.4) is 0 Å². The lowest BCUT2D eigenvalue weighted by molar-refractivity contribution is 0.0530. The minimum absolute atomic E-state index is 0.0341. The number of aromatic nitrogens is 2. The lowest BCUT2D eigenvalue weighted by Crippen LogP contribution is -2.27. The number of nitrogens with two attached hydrogens (primary N) is 1. The molecule has 10 heteroatoms. The van der Waals surface area contributed by atoms with Crippen molar-refractivity contribution in [1.82, 2.24) is 9.78 Å². The second kappa shape index (κ2) is 7.50. The number of ether oxygens (including phenoxy) is 1. The van der Waals surface area contributed by atoms with Crippen molar-refractivity contribution in [3.63, 3.8) is 0 Å². The minimum atomic E-state index is -1.30. The predicted molar refractivity (Wildman–Crippen MR) is 101 cm³/mol. The number of carboxylic acid groups (broad SMARTS) is 1. The van der Waals surface area contributed by atoms with Crippen molar-refractivity contribution in [1.29, 1.82) is 5.26 Å². The van der Waals surface area contributed by atoms with Crippen molar-refractivity contribution in [2.75, 3.05) is 12.3 Å². The van der Waals surface area contributed by atoms with Gasteiger partial charge in [0.15, 0.2) is 5.69 Å². The highest BCUT2D eigenvalue weighted by molar-refractivity contribution is 7.18. The molecule has 0 spiro atoms. The first-order valence-corrected chi connectivity index (χ1v) is 8.92. The van der Waals surface area contributed by atoms with Crippen molar-refractivity contribution in [3.05, 3.63) is 56.3 Å². The molecule has 0 atom stereocenters. The van der Waals surface area contributed by atoms with Crippen LogP contribution in [0.25, 0.3) is 10.8 Å². The van der Waals surface area contributed by atoms with E-state index in [1.165, 1.54) is 12.1 Å². The quantitative estimate of drug-likeness (QED) is 0.618. The van der Waals surface area contributed by atoms with Crippen LogP contribution in [-0.4, -0.2) is 33.4 Å². The number of carboxylic acids is 1. The lowest BCUT2D eigenvalue weighted by atomic mass is 10.1. The van der Waals surface area contributed by atoms with Crippen LogP contribution >= 0.6 is 11.3 Å². The van der Waals surface area contributed by atoms with E-state index in [0.29, 0.717) is 0 Å². The van der Waals surface area contributed by atoms with Gasteiger partial charge in [0.25, 0.3) is 5.56 Å². The number of rotatable bonds is 5. The number of aromatic carboxylic acids is 1. The third kappa shape index (κ3) is 3.19. The molecule has 0 saturated carbocycles. The van der Waals surface area contributed by atoms with Crippen molar-refractivity contribution in [2.45, 2.75) is 13.5 Å². The maximum absolute atomic E-state index is 12.8. The van der Waals surface area contributed by atoms with Gasteiger partial charge < -0.3 is 15.6 Å². The third-order valence-electron chi connectivity index (χ3n) is 3.99. The van der Waals surface area contributed by atoms with Gasteiger partial charge in [0, 0.05) is 10.9 Å². The number of benzene rings is 1. The number of hydrogen-bond donors (Lipinski definition) is 2. The smallest absolute Gasteiger partial charge is 0.357 e. The molecule has 0 radical (unpaired) electrons. The highest BCUT2D eigenvalue weighted by Gasteiger charge is 2.25. The number of thiophene rings is 1. The molecule has 0 aliphatic heterocycles. The van der Waals surface area contributed by atoms with E-state index >= 15 is 0 Å².